The molecule has 0 fully saturated rings. The average Bonchev–Trinajstić information content (AvgIpc) is 0. The van der Waals surface area contributed by atoms with Crippen LogP contribution in [0.2, 0.25) is 0 Å². The van der Waals surface area contributed by atoms with Gasteiger partial charge in [0.2, 0.25) is 0 Å². The Morgan fingerprint density at radius 1 is 1.00 bits per heavy atom. The largest absolute Gasteiger partial charge is 0 e. The van der Waals surface area contributed by atoms with Gasteiger partial charge < -0.3 is 0 Å². The summed E-state index contributed by atoms with van der Waals surface area (Å²) >= 11 is 0. The molecule has 0 aromatic rings. The SMILES string of the molecule is [Ag].[Al].[Cu].[Si].[Sn]. The fraction of sp³-hybridized carbons (Fsp3) is 0. The van der Waals surface area contributed by atoms with Crippen molar-refractivity contribution in [3.05, 3.63) is 0 Å². The topological polar surface area (TPSA) is 0 Å². The summed E-state index contributed by atoms with van der Waals surface area (Å²) in [5.41, 5.74) is 0. The molecule has 0 aliphatic heterocycles. The van der Waals surface area contributed by atoms with Crippen molar-refractivity contribution in [1.82, 2.24) is 0 Å². The molecular weight excluding hydrogens is 345 g/mol. The molecule has 13 radical (unpaired) electrons. The molecule has 0 aromatic carbocycles. The summed E-state index contributed by atoms with van der Waals surface area (Å²) in [5, 5.41) is 0. The Morgan fingerprint density at radius 3 is 1.00 bits per heavy atom. The van der Waals surface area contributed by atoms with Gasteiger partial charge in [0, 0.05) is 91.7 Å². The molecule has 0 aromatic heterocycles. The first-order valence-electron chi connectivity index (χ1n) is 0. The Hall–Kier alpha value is 2.81. The molecule has 0 amide bonds. The maximum absolute atomic E-state index is 0. The molecule has 0 bridgehead atoms. The van der Waals surface area contributed by atoms with E-state index in [4.69, 9.17) is 0 Å². The van der Waals surface area contributed by atoms with Crippen LogP contribution in [0.25, 0.3) is 0 Å². The molecule has 0 saturated heterocycles. The van der Waals surface area contributed by atoms with Crippen molar-refractivity contribution in [2.45, 2.75) is 0 Å². The van der Waals surface area contributed by atoms with Crippen LogP contribution in [0, 0.1) is 0 Å². The quantitative estimate of drug-likeness (QED) is 0.487. The maximum atomic E-state index is 0. The monoisotopic (exact) mass is 345 g/mol. The van der Waals surface area contributed by atoms with E-state index >= 15 is 0 Å². The van der Waals surface area contributed by atoms with Crippen LogP contribution in [-0.4, -0.2) is 52.2 Å². The first kappa shape index (κ1) is 45.9. The zero-order chi connectivity index (χ0) is 0. The first-order valence-corrected chi connectivity index (χ1v) is 0. The van der Waals surface area contributed by atoms with Crippen LogP contribution in [0.3, 0.4) is 0 Å². The summed E-state index contributed by atoms with van der Waals surface area (Å²) in [7, 11) is 0. The zero-order valence-corrected chi connectivity index (χ0v) is 9.61. The molecule has 0 unspecified atom stereocenters. The summed E-state index contributed by atoms with van der Waals surface area (Å²) < 4.78 is 0. The predicted octanol–water partition coefficient (Wildman–Crippen LogP) is -1.15. The van der Waals surface area contributed by atoms with Gasteiger partial charge in [-0.3, -0.25) is 0 Å². The van der Waals surface area contributed by atoms with Crippen molar-refractivity contribution in [2.75, 3.05) is 0 Å². The summed E-state index contributed by atoms with van der Waals surface area (Å²) in [5.74, 6) is 0. The maximum Gasteiger partial charge on any atom is 0 e. The average molecular weight is 345 g/mol. The molecule has 0 N–H and O–H groups in total. The van der Waals surface area contributed by atoms with Crippen LogP contribution in [0.5, 0.6) is 0 Å². The van der Waals surface area contributed by atoms with Crippen molar-refractivity contribution in [2.24, 2.45) is 0 Å². The van der Waals surface area contributed by atoms with Gasteiger partial charge in [-0.25, -0.2) is 0 Å². The second-order valence-corrected chi connectivity index (χ2v) is 0. The molecule has 5 heavy (non-hydrogen) atoms. The van der Waals surface area contributed by atoms with E-state index in [2.05, 4.69) is 0 Å². The van der Waals surface area contributed by atoms with Gasteiger partial charge in [0.25, 0.3) is 0 Å². The summed E-state index contributed by atoms with van der Waals surface area (Å²) in [6, 6.07) is 0. The van der Waals surface area contributed by atoms with Crippen LogP contribution in [0.15, 0.2) is 0 Å². The van der Waals surface area contributed by atoms with E-state index < -0.39 is 0 Å². The van der Waals surface area contributed by atoms with Gasteiger partial charge in [0.05, 0.1) is 0 Å². The zero-order valence-electron chi connectivity index (χ0n) is 2.18. The Labute approximate surface area is 90.3 Å². The van der Waals surface area contributed by atoms with Crippen molar-refractivity contribution in [3.63, 3.8) is 0 Å². The van der Waals surface area contributed by atoms with E-state index in [0.29, 0.717) is 0 Å². The molecular formula is AgAlCuSiSn. The van der Waals surface area contributed by atoms with Gasteiger partial charge in [-0.1, -0.05) is 0 Å². The van der Waals surface area contributed by atoms with Gasteiger partial charge in [-0.15, -0.1) is 0 Å². The van der Waals surface area contributed by atoms with E-state index in [0.717, 1.165) is 0 Å². The van der Waals surface area contributed by atoms with Gasteiger partial charge >= 0.3 is 0 Å². The minimum atomic E-state index is 0. The summed E-state index contributed by atoms with van der Waals surface area (Å²) in [4.78, 5) is 0. The normalized spacial score (nSPS) is 0. The van der Waals surface area contributed by atoms with Crippen LogP contribution in [-0.2, 0) is 39.4 Å². The fourth-order valence-electron chi connectivity index (χ4n) is 0. The molecule has 0 atom stereocenters. The predicted molar refractivity (Wildman–Crippen MR) is 17.3 cm³/mol. The van der Waals surface area contributed by atoms with Gasteiger partial charge in [0.15, 0.2) is 0 Å². The smallest absolute Gasteiger partial charge is 0 e. The van der Waals surface area contributed by atoms with Crippen molar-refractivity contribution in [3.8, 4) is 0 Å². The van der Waals surface area contributed by atoms with Crippen LogP contribution >= 0.6 is 0 Å². The third kappa shape index (κ3) is 20.0. The molecule has 5 heteroatoms. The van der Waals surface area contributed by atoms with Crippen LogP contribution < -0.4 is 0 Å². The minimum Gasteiger partial charge on any atom is 0 e. The number of rotatable bonds is 0. The first-order chi connectivity index (χ1) is 0. The molecule has 0 aliphatic rings. The van der Waals surface area contributed by atoms with E-state index in [1.54, 1.807) is 0 Å². The number of hydrogen-bond donors (Lipinski definition) is 0. The fourth-order valence-corrected chi connectivity index (χ4v) is 0. The van der Waals surface area contributed by atoms with E-state index in [9.17, 15) is 0 Å². The van der Waals surface area contributed by atoms with Crippen molar-refractivity contribution < 1.29 is 39.4 Å². The Bertz CT molecular complexity index is 11.6. The molecule has 0 aliphatic carbocycles. The van der Waals surface area contributed by atoms with Gasteiger partial charge in [-0.2, -0.15) is 0 Å². The Morgan fingerprint density at radius 2 is 1.00 bits per heavy atom. The minimum absolute atomic E-state index is 0. The second-order valence-electron chi connectivity index (χ2n) is 0. The molecule has 0 heterocycles. The van der Waals surface area contributed by atoms with Crippen molar-refractivity contribution in [1.29, 1.82) is 0 Å². The third-order valence-corrected chi connectivity index (χ3v) is 0. The Kier molecular flexibility index (Phi) is 267. The number of hydrogen-bond acceptors (Lipinski definition) is 0. The van der Waals surface area contributed by atoms with E-state index in [1.165, 1.54) is 0 Å². The second kappa shape index (κ2) is 29.1. The van der Waals surface area contributed by atoms with Crippen LogP contribution in [0.4, 0.5) is 0 Å². The standard InChI is InChI=1S/Ag.Al.Cu.Si.Sn. The molecule has 0 spiro atoms. The van der Waals surface area contributed by atoms with Crippen LogP contribution in [0.1, 0.15) is 0 Å². The molecule has 0 saturated carbocycles. The molecule has 0 nitrogen and oxygen atoms in total. The summed E-state index contributed by atoms with van der Waals surface area (Å²) in [6.07, 6.45) is 0. The van der Waals surface area contributed by atoms with Gasteiger partial charge in [0.1, 0.15) is 0 Å². The third-order valence-electron chi connectivity index (χ3n) is 0. The Balaban J connectivity index is 0. The van der Waals surface area contributed by atoms with Crippen molar-refractivity contribution >= 4 is 52.2 Å². The summed E-state index contributed by atoms with van der Waals surface area (Å²) in [6.45, 7) is 0. The van der Waals surface area contributed by atoms with E-state index in [-0.39, 0.29) is 91.7 Å². The van der Waals surface area contributed by atoms with Gasteiger partial charge in [-0.05, 0) is 0 Å². The molecule has 33 valence electrons. The molecule has 0 rings (SSSR count). The van der Waals surface area contributed by atoms with E-state index in [1.807, 2.05) is 0 Å².